The number of fused-ring (bicyclic) bond motifs is 1. The highest BCUT2D eigenvalue weighted by Crippen LogP contribution is 2.32. The number of aromatic nitrogens is 1. The maximum atomic E-state index is 6.03. The zero-order chi connectivity index (χ0) is 22.6. The molecule has 4 N–H and O–H groups in total. The fourth-order valence-electron chi connectivity index (χ4n) is 3.30. The molecule has 0 saturated heterocycles. The van der Waals surface area contributed by atoms with E-state index in [1.165, 1.54) is 0 Å². The van der Waals surface area contributed by atoms with Crippen LogP contribution in [0.25, 0.3) is 6.08 Å². The number of ether oxygens (including phenoxy) is 2. The average molecular weight is 428 g/mol. The van der Waals surface area contributed by atoms with Gasteiger partial charge in [0.1, 0.15) is 29.4 Å². The molecule has 7 heteroatoms. The molecule has 0 fully saturated rings. The van der Waals surface area contributed by atoms with Crippen molar-refractivity contribution in [1.82, 2.24) is 4.98 Å². The van der Waals surface area contributed by atoms with E-state index in [4.69, 9.17) is 20.9 Å². The van der Waals surface area contributed by atoms with E-state index in [0.29, 0.717) is 18.1 Å². The van der Waals surface area contributed by atoms with Crippen LogP contribution in [-0.2, 0) is 6.61 Å². The monoisotopic (exact) mass is 427 g/mol. The van der Waals surface area contributed by atoms with Crippen molar-refractivity contribution >= 4 is 17.7 Å². The van der Waals surface area contributed by atoms with Crippen LogP contribution in [0, 0.1) is 0 Å². The molecule has 3 aromatic rings. The molecule has 162 valence electrons. The van der Waals surface area contributed by atoms with Gasteiger partial charge in [-0.05, 0) is 68.0 Å². The van der Waals surface area contributed by atoms with Crippen LogP contribution in [0.4, 0.5) is 0 Å². The lowest BCUT2D eigenvalue weighted by atomic mass is 9.97. The van der Waals surface area contributed by atoms with Crippen LogP contribution in [0.3, 0.4) is 0 Å². The highest BCUT2D eigenvalue weighted by Gasteiger charge is 2.22. The zero-order valence-corrected chi connectivity index (χ0v) is 18.0. The normalized spacial score (nSPS) is 14.2. The second-order valence-corrected chi connectivity index (χ2v) is 7.94. The van der Waals surface area contributed by atoms with Crippen LogP contribution in [0.15, 0.2) is 83.3 Å². The van der Waals surface area contributed by atoms with Crippen LogP contribution in [0.5, 0.6) is 11.5 Å². The molecule has 0 atom stereocenters. The Morgan fingerprint density at radius 3 is 2.56 bits per heavy atom. The smallest absolute Gasteiger partial charge is 0.211 e. The molecule has 7 nitrogen and oxygen atoms in total. The summed E-state index contributed by atoms with van der Waals surface area (Å²) in [5, 5.41) is 8.23. The fraction of sp³-hybridized carbons (Fsp3) is 0.160. The number of nitrogens with two attached hydrogens (primary N) is 2. The first-order chi connectivity index (χ1) is 15.4. The number of benzene rings is 2. The van der Waals surface area contributed by atoms with E-state index in [9.17, 15) is 0 Å². The van der Waals surface area contributed by atoms with Crippen molar-refractivity contribution in [1.29, 1.82) is 0 Å². The van der Waals surface area contributed by atoms with E-state index in [2.05, 4.69) is 21.3 Å². The van der Waals surface area contributed by atoms with Gasteiger partial charge in [-0.1, -0.05) is 18.2 Å². The lowest BCUT2D eigenvalue weighted by molar-refractivity contribution is 0.159. The Morgan fingerprint density at radius 1 is 1.00 bits per heavy atom. The molecule has 1 aliphatic heterocycles. The second kappa shape index (κ2) is 8.93. The van der Waals surface area contributed by atoms with Crippen molar-refractivity contribution in [2.45, 2.75) is 26.1 Å². The predicted molar refractivity (Wildman–Crippen MR) is 127 cm³/mol. The molecule has 32 heavy (non-hydrogen) atoms. The third kappa shape index (κ3) is 5.13. The van der Waals surface area contributed by atoms with Crippen LogP contribution < -0.4 is 20.9 Å². The van der Waals surface area contributed by atoms with E-state index in [0.717, 1.165) is 28.0 Å². The molecule has 0 bridgehead atoms. The van der Waals surface area contributed by atoms with E-state index >= 15 is 0 Å². The summed E-state index contributed by atoms with van der Waals surface area (Å²) in [5.74, 6) is 1.41. The second-order valence-electron chi connectivity index (χ2n) is 7.94. The number of guanidine groups is 1. The van der Waals surface area contributed by atoms with Crippen molar-refractivity contribution in [2.75, 3.05) is 0 Å². The molecule has 0 spiro atoms. The topological polar surface area (TPSA) is 108 Å². The number of rotatable bonds is 6. The van der Waals surface area contributed by atoms with Crippen molar-refractivity contribution in [3.8, 4) is 11.5 Å². The molecule has 1 aromatic heterocycles. The van der Waals surface area contributed by atoms with Gasteiger partial charge in [0.2, 0.25) is 5.96 Å². The van der Waals surface area contributed by atoms with Crippen LogP contribution in [0.1, 0.15) is 36.1 Å². The molecule has 1 aliphatic rings. The van der Waals surface area contributed by atoms with Crippen molar-refractivity contribution in [2.24, 2.45) is 21.7 Å². The molecule has 2 aromatic carbocycles. The summed E-state index contributed by atoms with van der Waals surface area (Å²) in [6.45, 7) is 4.47. The first kappa shape index (κ1) is 21.1. The molecular weight excluding hydrogens is 402 g/mol. The Labute approximate surface area is 187 Å². The minimum atomic E-state index is -0.343. The van der Waals surface area contributed by atoms with Crippen LogP contribution in [-0.4, -0.2) is 22.3 Å². The van der Waals surface area contributed by atoms with E-state index in [1.807, 2.05) is 74.5 Å². The predicted octanol–water partition coefficient (Wildman–Crippen LogP) is 3.87. The lowest BCUT2D eigenvalue weighted by Crippen LogP contribution is -2.27. The summed E-state index contributed by atoms with van der Waals surface area (Å²) < 4.78 is 12.0. The summed E-state index contributed by atoms with van der Waals surface area (Å²) in [6, 6.07) is 17.4. The Balaban J connectivity index is 1.66. The van der Waals surface area contributed by atoms with Crippen LogP contribution in [0.2, 0.25) is 0 Å². The Hall–Kier alpha value is -4.13. The number of hydrogen-bond acceptors (Lipinski definition) is 5. The van der Waals surface area contributed by atoms with Crippen molar-refractivity contribution in [3.05, 3.63) is 95.3 Å². The van der Waals surface area contributed by atoms with Gasteiger partial charge in [-0.15, -0.1) is 10.2 Å². The SMILES string of the molecule is CC1(C)C=Cc2cc(/C(=N\N=C(N)N)c3cccc(OCc4ccncc4)c3)ccc2O1. The minimum Gasteiger partial charge on any atom is -0.489 e. The Bertz CT molecular complexity index is 1200. The molecule has 0 saturated carbocycles. The molecule has 0 aliphatic carbocycles. The van der Waals surface area contributed by atoms with Gasteiger partial charge >= 0.3 is 0 Å². The van der Waals surface area contributed by atoms with E-state index in [1.54, 1.807) is 12.4 Å². The third-order valence-electron chi connectivity index (χ3n) is 4.85. The van der Waals surface area contributed by atoms with E-state index < -0.39 is 0 Å². The maximum Gasteiger partial charge on any atom is 0.211 e. The van der Waals surface area contributed by atoms with Gasteiger partial charge in [0.15, 0.2) is 0 Å². The molecule has 2 heterocycles. The van der Waals surface area contributed by atoms with E-state index in [-0.39, 0.29) is 11.6 Å². The number of hydrogen-bond donors (Lipinski definition) is 2. The number of pyridine rings is 1. The summed E-state index contributed by atoms with van der Waals surface area (Å²) in [6.07, 6.45) is 7.56. The number of nitrogens with zero attached hydrogens (tertiary/aromatic N) is 3. The quantitative estimate of drug-likeness (QED) is 0.353. The van der Waals surface area contributed by atoms with Crippen molar-refractivity contribution in [3.63, 3.8) is 0 Å². The highest BCUT2D eigenvalue weighted by atomic mass is 16.5. The first-order valence-electron chi connectivity index (χ1n) is 10.2. The third-order valence-corrected chi connectivity index (χ3v) is 4.85. The lowest BCUT2D eigenvalue weighted by Gasteiger charge is -2.28. The van der Waals surface area contributed by atoms with Gasteiger partial charge in [0, 0.05) is 29.1 Å². The average Bonchev–Trinajstić information content (AvgIpc) is 2.78. The largest absolute Gasteiger partial charge is 0.489 e. The summed E-state index contributed by atoms with van der Waals surface area (Å²) in [7, 11) is 0. The first-order valence-corrected chi connectivity index (χ1v) is 10.2. The molecule has 4 rings (SSSR count). The molecule has 0 amide bonds. The summed E-state index contributed by atoms with van der Waals surface area (Å²) >= 11 is 0. The van der Waals surface area contributed by atoms with Gasteiger partial charge < -0.3 is 20.9 Å². The summed E-state index contributed by atoms with van der Waals surface area (Å²) in [4.78, 5) is 4.03. The standard InChI is InChI=1S/C25H25N5O2/c1-25(2)11-8-18-14-20(6-7-22(18)32-25)23(29-30-24(26)27)19-4-3-5-21(15-19)31-16-17-9-12-28-13-10-17/h3-15H,16H2,1-2H3,(H4,26,27,30)/b29-23-. The fourth-order valence-corrected chi connectivity index (χ4v) is 3.30. The molecule has 0 radical (unpaired) electrons. The highest BCUT2D eigenvalue weighted by molar-refractivity contribution is 6.13. The summed E-state index contributed by atoms with van der Waals surface area (Å²) in [5.41, 5.74) is 15.0. The van der Waals surface area contributed by atoms with Crippen LogP contribution >= 0.6 is 0 Å². The Kier molecular flexibility index (Phi) is 5.89. The van der Waals surface area contributed by atoms with Gasteiger partial charge in [-0.3, -0.25) is 4.98 Å². The zero-order valence-electron chi connectivity index (χ0n) is 18.0. The van der Waals surface area contributed by atoms with Gasteiger partial charge in [0.25, 0.3) is 0 Å². The van der Waals surface area contributed by atoms with Gasteiger partial charge in [0.05, 0.1) is 0 Å². The maximum absolute atomic E-state index is 6.03. The molecular formula is C25H25N5O2. The van der Waals surface area contributed by atoms with Crippen molar-refractivity contribution < 1.29 is 9.47 Å². The Morgan fingerprint density at radius 2 is 1.78 bits per heavy atom. The van der Waals surface area contributed by atoms with Gasteiger partial charge in [-0.2, -0.15) is 0 Å². The van der Waals surface area contributed by atoms with Gasteiger partial charge in [-0.25, -0.2) is 0 Å². The molecule has 0 unspecified atom stereocenters. The minimum absolute atomic E-state index is 0.115.